The van der Waals surface area contributed by atoms with Crippen LogP contribution in [0.25, 0.3) is 0 Å². The minimum atomic E-state index is -3.01. The van der Waals surface area contributed by atoms with Gasteiger partial charge >= 0.3 is 11.9 Å². The van der Waals surface area contributed by atoms with E-state index < -0.39 is 71.4 Å². The van der Waals surface area contributed by atoms with Crippen LogP contribution in [0.15, 0.2) is 164 Å². The van der Waals surface area contributed by atoms with Gasteiger partial charge in [-0.25, -0.2) is 9.59 Å². The van der Waals surface area contributed by atoms with Gasteiger partial charge in [0.15, 0.2) is 0 Å². The summed E-state index contributed by atoms with van der Waals surface area (Å²) >= 11 is 4.34. The molecule has 0 radical (unpaired) electrons. The molecule has 6 aromatic carbocycles. The Morgan fingerprint density at radius 1 is 0.652 bits per heavy atom. The summed E-state index contributed by atoms with van der Waals surface area (Å²) in [6, 6.07) is 42.4. The Hall–Kier alpha value is -7.62. The molecule has 15 heteroatoms. The predicted molar refractivity (Wildman–Crippen MR) is 264 cm³/mol. The van der Waals surface area contributed by atoms with Crippen LogP contribution in [-0.2, 0) is 52.7 Å². The van der Waals surface area contributed by atoms with Crippen LogP contribution in [0.2, 0.25) is 0 Å². The normalized spacial score (nSPS) is 13.1. The molecule has 3 atom stereocenters. The number of nitrogens with one attached hydrogen (secondary N) is 2. The van der Waals surface area contributed by atoms with Gasteiger partial charge in [0.25, 0.3) is 0 Å². The maximum absolute atomic E-state index is 16.9. The number of aliphatic carboxylic acids is 1. The van der Waals surface area contributed by atoms with Crippen molar-refractivity contribution in [1.82, 2.24) is 15.5 Å². The van der Waals surface area contributed by atoms with Crippen LogP contribution in [0.4, 0.5) is 0 Å². The van der Waals surface area contributed by atoms with Crippen LogP contribution in [0.5, 0.6) is 17.2 Å². The molecule has 0 saturated heterocycles. The SMILES string of the molecule is COc1cc(OC)cc(C(C)(C)OC(=O)[C@](Cc2ccccc2)(C(=O)O)N(C(=O)C(Cc2ccc(O)cc2)NC(=O)C(CS)NC(=O)CN)C(c2ccccc2)(c2ccccc2)c2ccccc2)c1. The number of hydrogen-bond donors (Lipinski definition) is 6. The van der Waals surface area contributed by atoms with E-state index >= 15 is 14.4 Å². The molecule has 0 aliphatic rings. The van der Waals surface area contributed by atoms with Gasteiger partial charge < -0.3 is 40.8 Å². The van der Waals surface area contributed by atoms with Crippen molar-refractivity contribution in [3.8, 4) is 17.2 Å². The summed E-state index contributed by atoms with van der Waals surface area (Å²) in [6.07, 6.45) is -0.948. The van der Waals surface area contributed by atoms with Gasteiger partial charge in [-0.05, 0) is 65.9 Å². The number of carboxylic acids is 1. The maximum Gasteiger partial charge on any atom is 0.345 e. The summed E-state index contributed by atoms with van der Waals surface area (Å²) in [6.45, 7) is 2.72. The Kier molecular flexibility index (Phi) is 16.5. The van der Waals surface area contributed by atoms with Crippen LogP contribution in [-0.4, -0.2) is 88.9 Å². The molecule has 6 aromatic rings. The summed E-state index contributed by atoms with van der Waals surface area (Å²) in [5.41, 5.74) is 1.23. The number of carboxylic acid groups (broad SMARTS) is 1. The van der Waals surface area contributed by atoms with Crippen LogP contribution in [0.3, 0.4) is 0 Å². The van der Waals surface area contributed by atoms with Gasteiger partial charge in [0.1, 0.15) is 40.5 Å². The molecule has 14 nitrogen and oxygen atoms in total. The first kappa shape index (κ1) is 50.8. The van der Waals surface area contributed by atoms with Crippen molar-refractivity contribution < 1.29 is 48.4 Å². The fraction of sp³-hybridized carbons (Fsp3) is 0.241. The highest BCUT2D eigenvalue weighted by Crippen LogP contribution is 2.48. The quantitative estimate of drug-likeness (QED) is 0.0208. The molecular formula is C54H56N4O10S. The second-order valence-corrected chi connectivity index (χ2v) is 17.1. The number of rotatable bonds is 21. The highest BCUT2D eigenvalue weighted by molar-refractivity contribution is 7.80. The number of nitrogens with zero attached hydrogens (tertiary/aromatic N) is 1. The van der Waals surface area contributed by atoms with E-state index in [0.29, 0.717) is 44.9 Å². The predicted octanol–water partition coefficient (Wildman–Crippen LogP) is 6.18. The number of benzene rings is 6. The molecule has 358 valence electrons. The van der Waals surface area contributed by atoms with E-state index in [1.807, 2.05) is 0 Å². The van der Waals surface area contributed by atoms with Gasteiger partial charge in [-0.2, -0.15) is 12.6 Å². The van der Waals surface area contributed by atoms with Crippen LogP contribution < -0.4 is 25.8 Å². The molecule has 0 bridgehead atoms. The summed E-state index contributed by atoms with van der Waals surface area (Å²) < 4.78 is 17.7. The number of amides is 3. The van der Waals surface area contributed by atoms with E-state index in [1.54, 1.807) is 166 Å². The third-order valence-corrected chi connectivity index (χ3v) is 12.3. The van der Waals surface area contributed by atoms with Crippen molar-refractivity contribution in [2.24, 2.45) is 5.73 Å². The second kappa shape index (κ2) is 22.5. The second-order valence-electron chi connectivity index (χ2n) is 16.7. The van der Waals surface area contributed by atoms with E-state index in [2.05, 4.69) is 23.3 Å². The Bertz CT molecular complexity index is 2590. The molecule has 0 aliphatic carbocycles. The summed E-state index contributed by atoms with van der Waals surface area (Å²) in [5.74, 6) is -5.20. The fourth-order valence-electron chi connectivity index (χ4n) is 8.43. The standard InChI is InChI=1S/C54H56N4O10S/c1-52(2,41-30-43(66-3)32-44(31-41)67-4)68-51(65)53(50(63)64,33-37-17-9-5-10-18-37)58(54(38-19-11-6-12-20-38,39-21-13-7-14-22-39)40-23-15-8-16-24-40)49(62)45(29-36-25-27-42(59)28-26-36)57-48(61)46(35-69)56-47(60)34-55/h5-28,30-32,45-46,59,69H,29,33-35,55H2,1-4H3,(H,56,60)(H,57,61)(H,63,64)/t45?,46?,53-/m0/s1. The monoisotopic (exact) mass is 952 g/mol. The number of methoxy groups -OCH3 is 2. The number of esters is 1. The summed E-state index contributed by atoms with van der Waals surface area (Å²) in [4.78, 5) is 76.4. The molecule has 0 saturated carbocycles. The van der Waals surface area contributed by atoms with Gasteiger partial charge in [0.2, 0.25) is 23.3 Å². The number of phenolic OH excluding ortho intramolecular Hbond substituents is 1. The Morgan fingerprint density at radius 3 is 1.57 bits per heavy atom. The third kappa shape index (κ3) is 11.1. The van der Waals surface area contributed by atoms with Gasteiger partial charge in [-0.3, -0.25) is 19.3 Å². The molecule has 6 N–H and O–H groups in total. The molecule has 2 unspecified atom stereocenters. The molecule has 0 fully saturated rings. The number of nitrogens with two attached hydrogens (primary N) is 1. The Balaban J connectivity index is 1.77. The number of ether oxygens (including phenoxy) is 3. The largest absolute Gasteiger partial charge is 0.508 e. The number of carbonyl (C=O) groups is 5. The molecule has 0 spiro atoms. The molecule has 6 rings (SSSR count). The Morgan fingerprint density at radius 2 is 1.13 bits per heavy atom. The van der Waals surface area contributed by atoms with E-state index in [9.17, 15) is 19.8 Å². The lowest BCUT2D eigenvalue weighted by Crippen LogP contribution is -2.73. The molecule has 3 amide bonds. The fourth-order valence-corrected chi connectivity index (χ4v) is 8.69. The number of hydrogen-bond acceptors (Lipinski definition) is 11. The van der Waals surface area contributed by atoms with Crippen LogP contribution >= 0.6 is 12.6 Å². The van der Waals surface area contributed by atoms with Crippen molar-refractivity contribution in [1.29, 1.82) is 0 Å². The summed E-state index contributed by atoms with van der Waals surface area (Å²) in [7, 11) is 2.93. The molecule has 0 aromatic heterocycles. The number of thiol groups is 1. The van der Waals surface area contributed by atoms with Gasteiger partial charge in [-0.15, -0.1) is 0 Å². The van der Waals surface area contributed by atoms with Gasteiger partial charge in [-0.1, -0.05) is 133 Å². The maximum atomic E-state index is 16.9. The van der Waals surface area contributed by atoms with Crippen molar-refractivity contribution >= 4 is 42.3 Å². The van der Waals surface area contributed by atoms with Crippen molar-refractivity contribution in [2.45, 2.75) is 55.5 Å². The summed E-state index contributed by atoms with van der Waals surface area (Å²) in [5, 5.41) is 28.0. The van der Waals surface area contributed by atoms with Crippen molar-refractivity contribution in [3.05, 3.63) is 197 Å². The number of phenols is 1. The first-order valence-electron chi connectivity index (χ1n) is 22.1. The average molecular weight is 953 g/mol. The molecular weight excluding hydrogens is 897 g/mol. The number of aromatic hydroxyl groups is 1. The van der Waals surface area contributed by atoms with E-state index in [1.165, 1.54) is 26.4 Å². The minimum Gasteiger partial charge on any atom is -0.508 e. The lowest BCUT2D eigenvalue weighted by molar-refractivity contribution is -0.190. The van der Waals surface area contributed by atoms with Gasteiger partial charge in [0.05, 0.1) is 20.8 Å². The topological polar surface area (TPSA) is 207 Å². The zero-order valence-corrected chi connectivity index (χ0v) is 39.6. The molecule has 69 heavy (non-hydrogen) atoms. The Labute approximate surface area is 406 Å². The number of carbonyl (C=O) groups excluding carboxylic acids is 4. The van der Waals surface area contributed by atoms with Gasteiger partial charge in [0, 0.05) is 30.2 Å². The highest BCUT2D eigenvalue weighted by Gasteiger charge is 2.64. The smallest absolute Gasteiger partial charge is 0.345 e. The van der Waals surface area contributed by atoms with Crippen LogP contribution in [0.1, 0.15) is 47.2 Å². The van der Waals surface area contributed by atoms with Crippen molar-refractivity contribution in [2.75, 3.05) is 26.5 Å². The van der Waals surface area contributed by atoms with E-state index in [0.717, 1.165) is 4.90 Å². The zero-order valence-electron chi connectivity index (χ0n) is 38.7. The lowest BCUT2D eigenvalue weighted by atomic mass is 9.71. The average Bonchev–Trinajstić information content (AvgIpc) is 3.37. The van der Waals surface area contributed by atoms with Crippen molar-refractivity contribution in [3.63, 3.8) is 0 Å². The minimum absolute atomic E-state index is 0.0741. The zero-order chi connectivity index (χ0) is 49.8. The third-order valence-electron chi connectivity index (χ3n) is 11.9. The molecule has 0 heterocycles. The van der Waals surface area contributed by atoms with E-state index in [-0.39, 0.29) is 17.9 Å². The highest BCUT2D eigenvalue weighted by atomic mass is 32.1. The lowest BCUT2D eigenvalue weighted by Gasteiger charge is -2.53. The first-order chi connectivity index (χ1) is 33.1. The van der Waals surface area contributed by atoms with Crippen LogP contribution in [0, 0.1) is 0 Å². The van der Waals surface area contributed by atoms with E-state index in [4.69, 9.17) is 19.9 Å². The molecule has 0 aliphatic heterocycles. The first-order valence-corrected chi connectivity index (χ1v) is 22.7.